The first kappa shape index (κ1) is 10.6. The summed E-state index contributed by atoms with van der Waals surface area (Å²) in [6.45, 7) is 8.49. The zero-order chi connectivity index (χ0) is 10.2. The number of hydrogen-bond acceptors (Lipinski definition) is 1. The van der Waals surface area contributed by atoms with Gasteiger partial charge in [0.2, 0.25) is 0 Å². The second-order valence-electron chi connectivity index (χ2n) is 4.77. The van der Waals surface area contributed by atoms with Crippen LogP contribution in [0.25, 0.3) is 0 Å². The van der Waals surface area contributed by atoms with Crippen molar-refractivity contribution in [3.05, 3.63) is 0 Å². The summed E-state index contributed by atoms with van der Waals surface area (Å²) in [5.74, 6) is 0.990. The smallest absolute Gasteiger partial charge is 0.307 e. The lowest BCUT2D eigenvalue weighted by Crippen LogP contribution is -2.40. The molecule has 1 N–H and O–H groups in total. The summed E-state index contributed by atoms with van der Waals surface area (Å²) in [7, 11) is 0. The van der Waals surface area contributed by atoms with E-state index in [0.717, 1.165) is 0 Å². The average Bonchev–Trinajstić information content (AvgIpc) is 2.01. The molecule has 0 spiro atoms. The van der Waals surface area contributed by atoms with Gasteiger partial charge in [-0.2, -0.15) is 0 Å². The Balaban J connectivity index is 2.82. The van der Waals surface area contributed by atoms with Crippen LogP contribution in [0.1, 0.15) is 34.1 Å². The highest BCUT2D eigenvalue weighted by atomic mass is 16.4. The Bertz CT molecular complexity index is 186. The summed E-state index contributed by atoms with van der Waals surface area (Å²) < 4.78 is 0. The quantitative estimate of drug-likeness (QED) is 0.680. The highest BCUT2D eigenvalue weighted by Crippen LogP contribution is 2.41. The van der Waals surface area contributed by atoms with E-state index in [9.17, 15) is 4.79 Å². The fourth-order valence-electron chi connectivity index (χ4n) is 2.65. The van der Waals surface area contributed by atoms with Gasteiger partial charge in [0.15, 0.2) is 0 Å². The maximum atomic E-state index is 11.1. The number of carboxylic acids is 1. The molecule has 2 nitrogen and oxygen atoms in total. The number of rotatable bonds is 1. The van der Waals surface area contributed by atoms with Crippen LogP contribution in [0, 0.1) is 29.6 Å². The zero-order valence-corrected chi connectivity index (χ0v) is 8.95. The lowest BCUT2D eigenvalue weighted by atomic mass is 9.64. The van der Waals surface area contributed by atoms with Crippen molar-refractivity contribution in [2.75, 3.05) is 0 Å². The molecular formula is C11H20O2. The average molecular weight is 184 g/mol. The van der Waals surface area contributed by atoms with E-state index in [1.165, 1.54) is 6.42 Å². The van der Waals surface area contributed by atoms with Crippen molar-refractivity contribution in [2.24, 2.45) is 29.6 Å². The molecule has 0 bridgehead atoms. The molecule has 76 valence electrons. The van der Waals surface area contributed by atoms with Crippen LogP contribution in [0.15, 0.2) is 0 Å². The van der Waals surface area contributed by atoms with Gasteiger partial charge in [0.1, 0.15) is 0 Å². The SMILES string of the molecule is CC1CC(C)C(C)C(C(=O)O)C1C. The van der Waals surface area contributed by atoms with Crippen LogP contribution in [0.2, 0.25) is 0 Å². The van der Waals surface area contributed by atoms with E-state index < -0.39 is 5.97 Å². The molecule has 4 atom stereocenters. The highest BCUT2D eigenvalue weighted by Gasteiger charge is 2.40. The van der Waals surface area contributed by atoms with E-state index >= 15 is 0 Å². The van der Waals surface area contributed by atoms with E-state index in [0.29, 0.717) is 23.7 Å². The minimum atomic E-state index is -0.613. The van der Waals surface area contributed by atoms with Crippen molar-refractivity contribution in [2.45, 2.75) is 34.1 Å². The van der Waals surface area contributed by atoms with E-state index in [-0.39, 0.29) is 5.92 Å². The molecule has 4 unspecified atom stereocenters. The maximum absolute atomic E-state index is 11.1. The third-order valence-electron chi connectivity index (χ3n) is 3.96. The van der Waals surface area contributed by atoms with E-state index in [4.69, 9.17) is 5.11 Å². The number of carbonyl (C=O) groups is 1. The summed E-state index contributed by atoms with van der Waals surface area (Å²) in [4.78, 5) is 11.1. The molecule has 2 heteroatoms. The minimum Gasteiger partial charge on any atom is -0.481 e. The molecule has 0 aromatic carbocycles. The zero-order valence-electron chi connectivity index (χ0n) is 8.95. The van der Waals surface area contributed by atoms with Crippen LogP contribution in [0.5, 0.6) is 0 Å². The molecule has 1 saturated carbocycles. The van der Waals surface area contributed by atoms with Crippen LogP contribution in [-0.4, -0.2) is 11.1 Å². The van der Waals surface area contributed by atoms with Crippen LogP contribution in [0.3, 0.4) is 0 Å². The highest BCUT2D eigenvalue weighted by molar-refractivity contribution is 5.70. The first-order chi connectivity index (χ1) is 5.95. The van der Waals surface area contributed by atoms with Gasteiger partial charge in [-0.1, -0.05) is 27.7 Å². The summed E-state index contributed by atoms with van der Waals surface area (Å²) in [6, 6.07) is 0. The van der Waals surface area contributed by atoms with Gasteiger partial charge in [-0.25, -0.2) is 0 Å². The Labute approximate surface area is 80.3 Å². The predicted octanol–water partition coefficient (Wildman–Crippen LogP) is 2.64. The van der Waals surface area contributed by atoms with Gasteiger partial charge in [-0.05, 0) is 30.1 Å². The van der Waals surface area contributed by atoms with Gasteiger partial charge in [-0.3, -0.25) is 4.79 Å². The molecule has 1 rings (SSSR count). The van der Waals surface area contributed by atoms with Crippen molar-refractivity contribution in [1.82, 2.24) is 0 Å². The van der Waals surface area contributed by atoms with E-state index in [2.05, 4.69) is 27.7 Å². The molecule has 0 saturated heterocycles. The lowest BCUT2D eigenvalue weighted by Gasteiger charge is -2.40. The van der Waals surface area contributed by atoms with Gasteiger partial charge < -0.3 is 5.11 Å². The predicted molar refractivity (Wildman–Crippen MR) is 52.4 cm³/mol. The molecule has 0 amide bonds. The first-order valence-electron chi connectivity index (χ1n) is 5.18. The molecule has 0 aromatic rings. The molecule has 0 heterocycles. The molecule has 0 aromatic heterocycles. The summed E-state index contributed by atoms with van der Waals surface area (Å²) >= 11 is 0. The van der Waals surface area contributed by atoms with E-state index in [1.54, 1.807) is 0 Å². The standard InChI is InChI=1S/C11H20O2/c1-6-5-7(2)9(4)10(8(6)3)11(12)13/h6-10H,5H2,1-4H3,(H,12,13). The molecule has 13 heavy (non-hydrogen) atoms. The molecule has 0 aliphatic heterocycles. The molecular weight excluding hydrogens is 164 g/mol. The Hall–Kier alpha value is -0.530. The summed E-state index contributed by atoms with van der Waals surface area (Å²) in [5.41, 5.74) is 0. The van der Waals surface area contributed by atoms with Crippen LogP contribution < -0.4 is 0 Å². The van der Waals surface area contributed by atoms with Crippen LogP contribution in [0.4, 0.5) is 0 Å². The van der Waals surface area contributed by atoms with Crippen molar-refractivity contribution in [1.29, 1.82) is 0 Å². The fraction of sp³-hybridized carbons (Fsp3) is 0.909. The molecule has 0 radical (unpaired) electrons. The van der Waals surface area contributed by atoms with Gasteiger partial charge in [-0.15, -0.1) is 0 Å². The molecule has 1 fully saturated rings. The second kappa shape index (κ2) is 3.69. The van der Waals surface area contributed by atoms with E-state index in [1.807, 2.05) is 0 Å². The maximum Gasteiger partial charge on any atom is 0.307 e. The van der Waals surface area contributed by atoms with Crippen molar-refractivity contribution in [3.8, 4) is 0 Å². The summed E-state index contributed by atoms with van der Waals surface area (Å²) in [6.07, 6.45) is 1.17. The number of aliphatic carboxylic acids is 1. The Kier molecular flexibility index (Phi) is 2.99. The molecule has 1 aliphatic rings. The van der Waals surface area contributed by atoms with Crippen molar-refractivity contribution < 1.29 is 9.90 Å². The topological polar surface area (TPSA) is 37.3 Å². The minimum absolute atomic E-state index is 0.140. The van der Waals surface area contributed by atoms with Gasteiger partial charge in [0.05, 0.1) is 5.92 Å². The summed E-state index contributed by atoms with van der Waals surface area (Å²) in [5, 5.41) is 9.11. The fourth-order valence-corrected chi connectivity index (χ4v) is 2.65. The third kappa shape index (κ3) is 1.87. The van der Waals surface area contributed by atoms with Crippen molar-refractivity contribution in [3.63, 3.8) is 0 Å². The van der Waals surface area contributed by atoms with Crippen molar-refractivity contribution >= 4 is 5.97 Å². The third-order valence-corrected chi connectivity index (χ3v) is 3.96. The molecule has 1 aliphatic carbocycles. The number of carboxylic acid groups (broad SMARTS) is 1. The van der Waals surface area contributed by atoms with Crippen LogP contribution in [-0.2, 0) is 4.79 Å². The second-order valence-corrected chi connectivity index (χ2v) is 4.77. The van der Waals surface area contributed by atoms with Gasteiger partial charge in [0.25, 0.3) is 0 Å². The Morgan fingerprint density at radius 1 is 1.08 bits per heavy atom. The van der Waals surface area contributed by atoms with Crippen LogP contribution >= 0.6 is 0 Å². The van der Waals surface area contributed by atoms with Gasteiger partial charge in [0, 0.05) is 0 Å². The Morgan fingerprint density at radius 3 is 1.77 bits per heavy atom. The Morgan fingerprint density at radius 2 is 1.46 bits per heavy atom. The first-order valence-corrected chi connectivity index (χ1v) is 5.18. The number of hydrogen-bond donors (Lipinski definition) is 1. The van der Waals surface area contributed by atoms with Gasteiger partial charge >= 0.3 is 5.97 Å². The largest absolute Gasteiger partial charge is 0.481 e. The normalized spacial score (nSPS) is 46.0. The monoisotopic (exact) mass is 184 g/mol. The lowest BCUT2D eigenvalue weighted by molar-refractivity contribution is -0.149.